The van der Waals surface area contributed by atoms with Crippen molar-refractivity contribution in [3.63, 3.8) is 0 Å². The summed E-state index contributed by atoms with van der Waals surface area (Å²) in [6.45, 7) is 1.76. The first-order chi connectivity index (χ1) is 11.7. The summed E-state index contributed by atoms with van der Waals surface area (Å²) in [5, 5.41) is 8.20. The van der Waals surface area contributed by atoms with Crippen LogP contribution in [-0.4, -0.2) is 38.6 Å². The molecule has 0 bridgehead atoms. The highest BCUT2D eigenvalue weighted by atomic mass is 32.2. The Morgan fingerprint density at radius 3 is 2.48 bits per heavy atom. The van der Waals surface area contributed by atoms with Gasteiger partial charge in [-0.3, -0.25) is 4.98 Å². The average Bonchev–Trinajstić information content (AvgIpc) is 3.08. The maximum absolute atomic E-state index is 11.7. The monoisotopic (exact) mass is 365 g/mol. The summed E-state index contributed by atoms with van der Waals surface area (Å²) in [7, 11) is -0.607. The van der Waals surface area contributed by atoms with Crippen molar-refractivity contribution in [1.29, 1.82) is 0 Å². The molecule has 2 aromatic rings. The smallest absolute Gasteiger partial charge is 0.242 e. The SMILES string of the molecule is CN(C)c1ccc(/N=N/CCCC(C)([n+]2cc[nH]c2)S(=O)(=O)[O-])cc1. The predicted octanol–water partition coefficient (Wildman–Crippen LogP) is 2.15. The molecular weight excluding hydrogens is 342 g/mol. The Labute approximate surface area is 148 Å². The van der Waals surface area contributed by atoms with Gasteiger partial charge in [0.15, 0.2) is 4.87 Å². The summed E-state index contributed by atoms with van der Waals surface area (Å²) in [6.07, 6.45) is 5.14. The van der Waals surface area contributed by atoms with Gasteiger partial charge in [-0.25, -0.2) is 13.0 Å². The van der Waals surface area contributed by atoms with Crippen LogP contribution in [0, 0.1) is 0 Å². The zero-order valence-electron chi connectivity index (χ0n) is 14.6. The summed E-state index contributed by atoms with van der Waals surface area (Å²) >= 11 is 0. The lowest BCUT2D eigenvalue weighted by atomic mass is 10.1. The predicted molar refractivity (Wildman–Crippen MR) is 93.7 cm³/mol. The summed E-state index contributed by atoms with van der Waals surface area (Å²) < 4.78 is 36.4. The largest absolute Gasteiger partial charge is 0.744 e. The second-order valence-electron chi connectivity index (χ2n) is 6.13. The van der Waals surface area contributed by atoms with Gasteiger partial charge >= 0.3 is 0 Å². The maximum Gasteiger partial charge on any atom is 0.242 e. The van der Waals surface area contributed by atoms with Gasteiger partial charge < -0.3 is 9.45 Å². The molecular formula is C16H23N5O3S. The van der Waals surface area contributed by atoms with Gasteiger partial charge in [0.25, 0.3) is 0 Å². The first-order valence-corrected chi connectivity index (χ1v) is 9.30. The number of H-pyrrole nitrogens is 1. The fourth-order valence-corrected chi connectivity index (χ4v) is 3.16. The van der Waals surface area contributed by atoms with Crippen molar-refractivity contribution in [2.75, 3.05) is 25.5 Å². The van der Waals surface area contributed by atoms with Crippen LogP contribution in [0.2, 0.25) is 0 Å². The molecule has 9 heteroatoms. The number of hydrogen-bond acceptors (Lipinski definition) is 6. The Balaban J connectivity index is 1.94. The van der Waals surface area contributed by atoms with E-state index in [4.69, 9.17) is 0 Å². The number of aromatic nitrogens is 2. The molecule has 1 aromatic carbocycles. The van der Waals surface area contributed by atoms with E-state index < -0.39 is 15.0 Å². The van der Waals surface area contributed by atoms with Crippen LogP contribution < -0.4 is 9.47 Å². The van der Waals surface area contributed by atoms with E-state index in [9.17, 15) is 13.0 Å². The van der Waals surface area contributed by atoms with Gasteiger partial charge in [0, 0.05) is 26.2 Å². The second-order valence-corrected chi connectivity index (χ2v) is 7.92. The quantitative estimate of drug-likeness (QED) is 0.335. The third-order valence-electron chi connectivity index (χ3n) is 4.08. The van der Waals surface area contributed by atoms with Crippen LogP contribution in [0.5, 0.6) is 0 Å². The molecule has 1 atom stereocenters. The molecule has 0 aliphatic heterocycles. The summed E-state index contributed by atoms with van der Waals surface area (Å²) in [6, 6.07) is 7.61. The van der Waals surface area contributed by atoms with Crippen molar-refractivity contribution in [2.45, 2.75) is 24.6 Å². The number of nitrogens with zero attached hydrogens (tertiary/aromatic N) is 4. The molecule has 0 aliphatic carbocycles. The highest BCUT2D eigenvalue weighted by Crippen LogP contribution is 2.22. The van der Waals surface area contributed by atoms with Gasteiger partial charge in [0.05, 0.1) is 12.2 Å². The van der Waals surface area contributed by atoms with E-state index in [0.29, 0.717) is 13.0 Å². The van der Waals surface area contributed by atoms with Crippen LogP contribution in [-0.2, 0) is 15.0 Å². The highest BCUT2D eigenvalue weighted by molar-refractivity contribution is 7.86. The Bertz CT molecular complexity index is 801. The molecule has 0 saturated heterocycles. The van der Waals surface area contributed by atoms with E-state index in [1.54, 1.807) is 6.20 Å². The van der Waals surface area contributed by atoms with Crippen LogP contribution in [0.15, 0.2) is 53.2 Å². The van der Waals surface area contributed by atoms with Gasteiger partial charge in [-0.1, -0.05) is 0 Å². The van der Waals surface area contributed by atoms with Crippen molar-refractivity contribution >= 4 is 21.5 Å². The molecule has 0 fully saturated rings. The average molecular weight is 365 g/mol. The summed E-state index contributed by atoms with van der Waals surface area (Å²) in [4.78, 5) is 3.20. The molecule has 1 N–H and O–H groups in total. The molecule has 1 unspecified atom stereocenters. The van der Waals surface area contributed by atoms with Gasteiger partial charge in [-0.15, -0.1) is 0 Å². The number of benzene rings is 1. The minimum absolute atomic E-state index is 0.153. The third-order valence-corrected chi connectivity index (χ3v) is 5.57. The first kappa shape index (κ1) is 19.1. The Morgan fingerprint density at radius 1 is 1.28 bits per heavy atom. The summed E-state index contributed by atoms with van der Waals surface area (Å²) in [5.74, 6) is 0. The van der Waals surface area contributed by atoms with Crippen LogP contribution in [0.4, 0.5) is 11.4 Å². The third kappa shape index (κ3) is 4.64. The fraction of sp³-hybridized carbons (Fsp3) is 0.438. The lowest BCUT2D eigenvalue weighted by Crippen LogP contribution is -2.57. The lowest BCUT2D eigenvalue weighted by Gasteiger charge is -2.28. The Kier molecular flexibility index (Phi) is 5.91. The molecule has 0 aliphatic rings. The van der Waals surface area contributed by atoms with Crippen molar-refractivity contribution in [3.8, 4) is 0 Å². The molecule has 0 spiro atoms. The van der Waals surface area contributed by atoms with Crippen molar-refractivity contribution in [1.82, 2.24) is 4.98 Å². The van der Waals surface area contributed by atoms with Crippen LogP contribution >= 0.6 is 0 Å². The minimum atomic E-state index is -4.52. The zero-order chi connectivity index (χ0) is 18.5. The standard InChI is InChI=1S/C16H23N5O3S/c1-16(25(22,23)24,21-12-11-17-13-21)9-4-10-18-19-14-5-7-15(8-6-14)20(2)3/h5-8,11-13H,4,9-10H2,1-3H3,(H,22,23,24)/b19-18+. The molecule has 0 saturated carbocycles. The number of nitrogens with one attached hydrogen (secondary N) is 1. The van der Waals surface area contributed by atoms with E-state index in [-0.39, 0.29) is 6.42 Å². The van der Waals surface area contributed by atoms with Gasteiger partial charge in [-0.05, 0) is 37.6 Å². The van der Waals surface area contributed by atoms with Crippen molar-refractivity contribution in [2.24, 2.45) is 10.2 Å². The number of aromatic amines is 1. The van der Waals surface area contributed by atoms with E-state index in [2.05, 4.69) is 15.2 Å². The minimum Gasteiger partial charge on any atom is -0.744 e. The number of hydrogen-bond donors (Lipinski definition) is 1. The fourth-order valence-electron chi connectivity index (χ4n) is 2.39. The van der Waals surface area contributed by atoms with Crippen LogP contribution in [0.25, 0.3) is 0 Å². The summed E-state index contributed by atoms with van der Waals surface area (Å²) in [5.41, 5.74) is 1.80. The second kappa shape index (κ2) is 7.75. The molecule has 25 heavy (non-hydrogen) atoms. The number of azo groups is 1. The van der Waals surface area contributed by atoms with E-state index in [1.807, 2.05) is 43.3 Å². The topological polar surface area (TPSA) is 105 Å². The molecule has 8 nitrogen and oxygen atoms in total. The first-order valence-electron chi connectivity index (χ1n) is 7.89. The number of anilines is 1. The van der Waals surface area contributed by atoms with Gasteiger partial charge in [-0.2, -0.15) is 10.2 Å². The highest BCUT2D eigenvalue weighted by Gasteiger charge is 2.37. The van der Waals surface area contributed by atoms with Crippen LogP contribution in [0.3, 0.4) is 0 Å². The normalized spacial score (nSPS) is 14.6. The van der Waals surface area contributed by atoms with Crippen molar-refractivity contribution < 1.29 is 17.5 Å². The number of imidazole rings is 1. The van der Waals surface area contributed by atoms with Crippen molar-refractivity contribution in [3.05, 3.63) is 43.0 Å². The molecule has 2 rings (SSSR count). The van der Waals surface area contributed by atoms with Crippen LogP contribution in [0.1, 0.15) is 19.8 Å². The molecule has 0 radical (unpaired) electrons. The van der Waals surface area contributed by atoms with E-state index >= 15 is 0 Å². The number of rotatable bonds is 8. The molecule has 1 aromatic heterocycles. The molecule has 1 heterocycles. The zero-order valence-corrected chi connectivity index (χ0v) is 15.4. The molecule has 136 valence electrons. The Morgan fingerprint density at radius 2 is 1.96 bits per heavy atom. The van der Waals surface area contributed by atoms with Gasteiger partial charge in [0.2, 0.25) is 6.33 Å². The lowest BCUT2D eigenvalue weighted by molar-refractivity contribution is -0.737. The Hall–Kier alpha value is -2.26. The van der Waals surface area contributed by atoms with Gasteiger partial charge in [0.1, 0.15) is 22.5 Å². The van der Waals surface area contributed by atoms with E-state index in [0.717, 1.165) is 11.4 Å². The maximum atomic E-state index is 11.7. The van der Waals surface area contributed by atoms with E-state index in [1.165, 1.54) is 24.0 Å². The molecule has 0 amide bonds.